The van der Waals surface area contributed by atoms with Gasteiger partial charge in [-0.05, 0) is 48.8 Å². The molecule has 0 spiro atoms. The number of methoxy groups -OCH3 is 1. The van der Waals surface area contributed by atoms with Crippen molar-refractivity contribution in [2.24, 2.45) is 0 Å². The van der Waals surface area contributed by atoms with Crippen LogP contribution >= 0.6 is 11.3 Å². The second-order valence-corrected chi connectivity index (χ2v) is 7.74. The number of benzene rings is 1. The zero-order chi connectivity index (χ0) is 21.0. The summed E-state index contributed by atoms with van der Waals surface area (Å²) >= 11 is 1.47. The summed E-state index contributed by atoms with van der Waals surface area (Å²) in [6.07, 6.45) is 0. The molecule has 2 aromatic rings. The molecule has 0 bridgehead atoms. The Balaban J connectivity index is 2.02. The van der Waals surface area contributed by atoms with Crippen molar-refractivity contribution in [2.75, 3.05) is 33.3 Å². The van der Waals surface area contributed by atoms with Crippen molar-refractivity contribution in [1.29, 1.82) is 0 Å². The number of aliphatic hydroxyl groups is 1. The van der Waals surface area contributed by atoms with E-state index in [-0.39, 0.29) is 11.3 Å². The summed E-state index contributed by atoms with van der Waals surface area (Å²) in [7, 11) is 1.56. The van der Waals surface area contributed by atoms with Gasteiger partial charge >= 0.3 is 0 Å². The third-order valence-electron chi connectivity index (χ3n) is 5.27. The minimum Gasteiger partial charge on any atom is -0.507 e. The minimum atomic E-state index is -0.642. The van der Waals surface area contributed by atoms with E-state index in [0.29, 0.717) is 24.4 Å². The van der Waals surface area contributed by atoms with E-state index in [2.05, 4.69) is 18.7 Å². The monoisotopic (exact) mass is 414 g/mol. The molecule has 1 aliphatic rings. The molecule has 154 valence electrons. The maximum absolute atomic E-state index is 12.9. The van der Waals surface area contributed by atoms with Crippen LogP contribution in [0.3, 0.4) is 0 Å². The Morgan fingerprint density at radius 3 is 2.41 bits per heavy atom. The van der Waals surface area contributed by atoms with E-state index in [1.54, 1.807) is 36.3 Å². The van der Waals surface area contributed by atoms with Crippen LogP contribution in [0.5, 0.6) is 5.75 Å². The predicted molar refractivity (Wildman–Crippen MR) is 114 cm³/mol. The molecular weight excluding hydrogens is 388 g/mol. The topological polar surface area (TPSA) is 70.1 Å². The van der Waals surface area contributed by atoms with Gasteiger partial charge < -0.3 is 19.6 Å². The van der Waals surface area contributed by atoms with Gasteiger partial charge in [0.25, 0.3) is 11.7 Å². The maximum Gasteiger partial charge on any atom is 0.295 e. The number of carbonyl (C=O) groups excluding carboxylic acids is 2. The van der Waals surface area contributed by atoms with E-state index in [1.807, 2.05) is 17.5 Å². The predicted octanol–water partition coefficient (Wildman–Crippen LogP) is 3.52. The average molecular weight is 415 g/mol. The summed E-state index contributed by atoms with van der Waals surface area (Å²) in [4.78, 5) is 30.4. The standard InChI is InChI=1S/C22H26N2O4S/c1-4-23(5-2)12-13-24-19(17-7-6-14-29-17)18(21(26)22(24)27)20(25)15-8-10-16(28-3)11-9-15/h6-11,14,19,25H,4-5,12-13H2,1-3H3/t19-/m0/s1. The Bertz CT molecular complexity index is 886. The lowest BCUT2D eigenvalue weighted by molar-refractivity contribution is -0.140. The fourth-order valence-corrected chi connectivity index (χ4v) is 4.39. The molecule has 7 heteroatoms. The van der Waals surface area contributed by atoms with E-state index < -0.39 is 17.7 Å². The molecule has 1 aromatic carbocycles. The first-order valence-corrected chi connectivity index (χ1v) is 10.6. The number of hydrogen-bond donors (Lipinski definition) is 1. The lowest BCUT2D eigenvalue weighted by Gasteiger charge is -2.27. The van der Waals surface area contributed by atoms with E-state index in [1.165, 1.54) is 11.3 Å². The molecule has 1 saturated heterocycles. The lowest BCUT2D eigenvalue weighted by atomic mass is 10.00. The fraction of sp³-hybridized carbons (Fsp3) is 0.364. The van der Waals surface area contributed by atoms with Gasteiger partial charge in [-0.2, -0.15) is 0 Å². The highest BCUT2D eigenvalue weighted by Gasteiger charge is 2.46. The maximum atomic E-state index is 12.9. The number of ether oxygens (including phenoxy) is 1. The van der Waals surface area contributed by atoms with Crippen LogP contribution in [0.4, 0.5) is 0 Å². The van der Waals surface area contributed by atoms with Gasteiger partial charge in [-0.1, -0.05) is 19.9 Å². The molecule has 0 unspecified atom stereocenters. The number of carbonyl (C=O) groups is 2. The molecular formula is C22H26N2O4S. The SMILES string of the molecule is CCN(CC)CCN1C(=O)C(=O)C(=C(O)c2ccc(OC)cc2)[C@@H]1c1cccs1. The van der Waals surface area contributed by atoms with E-state index in [0.717, 1.165) is 18.0 Å². The van der Waals surface area contributed by atoms with E-state index in [9.17, 15) is 14.7 Å². The molecule has 29 heavy (non-hydrogen) atoms. The molecule has 0 saturated carbocycles. The summed E-state index contributed by atoms with van der Waals surface area (Å²) < 4.78 is 5.16. The van der Waals surface area contributed by atoms with Gasteiger partial charge in [0.05, 0.1) is 18.7 Å². The molecule has 3 rings (SSSR count). The molecule has 1 fully saturated rings. The van der Waals surface area contributed by atoms with E-state index in [4.69, 9.17) is 4.74 Å². The number of Topliss-reactive ketones (excluding diaryl/α,β-unsaturated/α-hetero) is 1. The van der Waals surface area contributed by atoms with Gasteiger partial charge in [0.1, 0.15) is 11.5 Å². The Morgan fingerprint density at radius 2 is 1.86 bits per heavy atom. The van der Waals surface area contributed by atoms with Crippen molar-refractivity contribution in [3.8, 4) is 5.75 Å². The molecule has 2 heterocycles. The molecule has 1 N–H and O–H groups in total. The number of ketones is 1. The summed E-state index contributed by atoms with van der Waals surface area (Å²) in [5, 5.41) is 12.9. The normalized spacial score (nSPS) is 18.6. The van der Waals surface area contributed by atoms with Crippen LogP contribution in [0.25, 0.3) is 5.76 Å². The largest absolute Gasteiger partial charge is 0.507 e. The highest BCUT2D eigenvalue weighted by molar-refractivity contribution is 7.10. The summed E-state index contributed by atoms with van der Waals surface area (Å²) in [6, 6.07) is 10.0. The van der Waals surface area contributed by atoms with Gasteiger partial charge in [0.15, 0.2) is 0 Å². The number of nitrogens with zero attached hydrogens (tertiary/aromatic N) is 2. The van der Waals surface area contributed by atoms with Crippen LogP contribution in [0.1, 0.15) is 30.3 Å². The first-order chi connectivity index (χ1) is 14.0. The van der Waals surface area contributed by atoms with Crippen LogP contribution in [0.15, 0.2) is 47.4 Å². The Morgan fingerprint density at radius 1 is 1.17 bits per heavy atom. The van der Waals surface area contributed by atoms with Gasteiger partial charge in [0.2, 0.25) is 0 Å². The first-order valence-electron chi connectivity index (χ1n) is 9.70. The number of amides is 1. The highest BCUT2D eigenvalue weighted by Crippen LogP contribution is 2.41. The fourth-order valence-electron chi connectivity index (χ4n) is 3.55. The van der Waals surface area contributed by atoms with Crippen molar-refractivity contribution in [3.63, 3.8) is 0 Å². The summed E-state index contributed by atoms with van der Waals surface area (Å²) in [5.41, 5.74) is 0.622. The molecule has 0 radical (unpaired) electrons. The summed E-state index contributed by atoms with van der Waals surface area (Å²) in [5.74, 6) is -0.715. The summed E-state index contributed by atoms with van der Waals surface area (Å²) in [6.45, 7) is 6.97. The highest BCUT2D eigenvalue weighted by atomic mass is 32.1. The zero-order valence-corrected chi connectivity index (χ0v) is 17.7. The zero-order valence-electron chi connectivity index (χ0n) is 16.9. The van der Waals surface area contributed by atoms with Gasteiger partial charge in [-0.25, -0.2) is 0 Å². The van der Waals surface area contributed by atoms with Crippen LogP contribution < -0.4 is 4.74 Å². The van der Waals surface area contributed by atoms with Crippen molar-refractivity contribution < 1.29 is 19.4 Å². The average Bonchev–Trinajstić information content (AvgIpc) is 3.36. The third-order valence-corrected chi connectivity index (χ3v) is 6.19. The minimum absolute atomic E-state index is 0.141. The van der Waals surface area contributed by atoms with Crippen molar-refractivity contribution in [1.82, 2.24) is 9.80 Å². The number of aliphatic hydroxyl groups excluding tert-OH is 1. The molecule has 1 aliphatic heterocycles. The smallest absolute Gasteiger partial charge is 0.295 e. The van der Waals surface area contributed by atoms with Gasteiger partial charge in [-0.3, -0.25) is 9.59 Å². The number of rotatable bonds is 8. The van der Waals surface area contributed by atoms with Gasteiger partial charge in [0, 0.05) is 23.5 Å². The van der Waals surface area contributed by atoms with Crippen LogP contribution in [0.2, 0.25) is 0 Å². The molecule has 0 aliphatic carbocycles. The molecule has 6 nitrogen and oxygen atoms in total. The quantitative estimate of drug-likeness (QED) is 0.407. The Hall–Kier alpha value is -2.64. The first kappa shape index (κ1) is 21.1. The molecule has 1 atom stereocenters. The third kappa shape index (κ3) is 4.21. The number of hydrogen-bond acceptors (Lipinski definition) is 6. The Labute approximate surface area is 175 Å². The second-order valence-electron chi connectivity index (χ2n) is 6.76. The number of thiophene rings is 1. The lowest BCUT2D eigenvalue weighted by Crippen LogP contribution is -2.37. The van der Waals surface area contributed by atoms with Crippen molar-refractivity contribution >= 4 is 28.8 Å². The van der Waals surface area contributed by atoms with Gasteiger partial charge in [-0.15, -0.1) is 11.3 Å². The van der Waals surface area contributed by atoms with Crippen LogP contribution in [-0.2, 0) is 9.59 Å². The van der Waals surface area contributed by atoms with E-state index >= 15 is 0 Å². The van der Waals surface area contributed by atoms with Crippen molar-refractivity contribution in [3.05, 3.63) is 57.8 Å². The number of likely N-dealkylation sites (tertiary alicyclic amines) is 1. The van der Waals surface area contributed by atoms with Crippen LogP contribution in [-0.4, -0.2) is 59.9 Å². The number of likely N-dealkylation sites (N-methyl/N-ethyl adjacent to an activating group) is 1. The van der Waals surface area contributed by atoms with Crippen LogP contribution in [0, 0.1) is 0 Å². The second kappa shape index (κ2) is 9.24. The Kier molecular flexibility index (Phi) is 6.71. The van der Waals surface area contributed by atoms with Crippen molar-refractivity contribution in [2.45, 2.75) is 19.9 Å². The molecule has 1 aromatic heterocycles. The molecule has 1 amide bonds.